The van der Waals surface area contributed by atoms with Crippen LogP contribution in [0.2, 0.25) is 0 Å². The van der Waals surface area contributed by atoms with E-state index < -0.39 is 10.1 Å². The molecule has 0 aliphatic carbocycles. The Bertz CT molecular complexity index is 962. The zero-order valence-corrected chi connectivity index (χ0v) is 13.6. The Labute approximate surface area is 135 Å². The summed E-state index contributed by atoms with van der Waals surface area (Å²) in [4.78, 5) is 0.101. The summed E-state index contributed by atoms with van der Waals surface area (Å²) in [6.45, 7) is 1.79. The number of hydrogen-bond acceptors (Lipinski definition) is 4. The molecule has 0 aliphatic heterocycles. The predicted molar refractivity (Wildman–Crippen MR) is 89.5 cm³/mol. The van der Waals surface area contributed by atoms with Crippen molar-refractivity contribution in [3.63, 3.8) is 0 Å². The molecule has 0 radical (unpaired) electrons. The van der Waals surface area contributed by atoms with Gasteiger partial charge in [0.1, 0.15) is 16.4 Å². The highest BCUT2D eigenvalue weighted by Crippen LogP contribution is 2.26. The van der Waals surface area contributed by atoms with Gasteiger partial charge >= 0.3 is 10.1 Å². The second-order valence-corrected chi connectivity index (χ2v) is 6.72. The minimum atomic E-state index is -3.89. The van der Waals surface area contributed by atoms with Crippen LogP contribution < -0.4 is 8.92 Å². The number of hydrogen-bond donors (Lipinski definition) is 0. The smallest absolute Gasteiger partial charge is 0.339 e. The molecule has 0 amide bonds. The lowest BCUT2D eigenvalue weighted by atomic mass is 10.1. The lowest BCUT2D eigenvalue weighted by Crippen LogP contribution is -2.10. The van der Waals surface area contributed by atoms with Crippen molar-refractivity contribution in [2.75, 3.05) is 7.11 Å². The van der Waals surface area contributed by atoms with Gasteiger partial charge in [-0.3, -0.25) is 0 Å². The zero-order chi connectivity index (χ0) is 16.4. The van der Waals surface area contributed by atoms with Gasteiger partial charge in [0.2, 0.25) is 0 Å². The minimum Gasteiger partial charge on any atom is -0.496 e. The molecule has 0 heterocycles. The second kappa shape index (κ2) is 5.93. The minimum absolute atomic E-state index is 0.101. The molecule has 3 aromatic rings. The number of methoxy groups -OCH3 is 1. The van der Waals surface area contributed by atoms with Crippen LogP contribution in [0.3, 0.4) is 0 Å². The molecule has 5 heteroatoms. The monoisotopic (exact) mass is 328 g/mol. The molecule has 0 aliphatic rings. The highest BCUT2D eigenvalue weighted by atomic mass is 32.2. The van der Waals surface area contributed by atoms with Crippen molar-refractivity contribution >= 4 is 20.9 Å². The van der Waals surface area contributed by atoms with Crippen LogP contribution in [0.5, 0.6) is 11.5 Å². The summed E-state index contributed by atoms with van der Waals surface area (Å²) in [5.74, 6) is 0.923. The Hall–Kier alpha value is -2.53. The number of fused-ring (bicyclic) bond motifs is 1. The standard InChI is InChI=1S/C18H16O4S/c1-13-11-17(9-10-18(13)21-2)23(19,20)22-16-8-7-14-5-3-4-6-15(14)12-16/h3-12H,1-2H3. The predicted octanol–water partition coefficient (Wildman–Crippen LogP) is 3.92. The summed E-state index contributed by atoms with van der Waals surface area (Å²) in [6, 6.07) is 17.5. The van der Waals surface area contributed by atoms with Gasteiger partial charge in [-0.15, -0.1) is 0 Å². The molecule has 0 atom stereocenters. The topological polar surface area (TPSA) is 52.6 Å². The van der Waals surface area contributed by atoms with Crippen molar-refractivity contribution in [3.05, 3.63) is 66.2 Å². The van der Waals surface area contributed by atoms with Crippen molar-refractivity contribution in [2.45, 2.75) is 11.8 Å². The molecule has 0 unspecified atom stereocenters. The first kappa shape index (κ1) is 15.4. The average Bonchev–Trinajstić information content (AvgIpc) is 2.54. The second-order valence-electron chi connectivity index (χ2n) is 5.18. The summed E-state index contributed by atoms with van der Waals surface area (Å²) in [6.07, 6.45) is 0. The average molecular weight is 328 g/mol. The van der Waals surface area contributed by atoms with Crippen LogP contribution in [0.15, 0.2) is 65.6 Å². The zero-order valence-electron chi connectivity index (χ0n) is 12.8. The Morgan fingerprint density at radius 2 is 1.61 bits per heavy atom. The number of benzene rings is 3. The van der Waals surface area contributed by atoms with E-state index in [0.29, 0.717) is 5.75 Å². The summed E-state index contributed by atoms with van der Waals surface area (Å²) < 4.78 is 35.3. The number of aryl methyl sites for hydroxylation is 1. The Kier molecular flexibility index (Phi) is 3.96. The van der Waals surface area contributed by atoms with Crippen molar-refractivity contribution in [1.82, 2.24) is 0 Å². The molecular formula is C18H16O4S. The van der Waals surface area contributed by atoms with Crippen LogP contribution in [-0.2, 0) is 10.1 Å². The fourth-order valence-electron chi connectivity index (χ4n) is 2.40. The van der Waals surface area contributed by atoms with Crippen LogP contribution >= 0.6 is 0 Å². The maximum Gasteiger partial charge on any atom is 0.339 e. The van der Waals surface area contributed by atoms with E-state index in [1.54, 1.807) is 32.2 Å². The molecule has 3 rings (SSSR count). The van der Waals surface area contributed by atoms with Crippen molar-refractivity contribution in [3.8, 4) is 11.5 Å². The molecule has 23 heavy (non-hydrogen) atoms. The molecule has 0 bridgehead atoms. The first-order valence-electron chi connectivity index (χ1n) is 7.07. The van der Waals surface area contributed by atoms with E-state index in [1.807, 2.05) is 30.3 Å². The molecule has 0 saturated heterocycles. The van der Waals surface area contributed by atoms with E-state index in [1.165, 1.54) is 12.1 Å². The number of rotatable bonds is 4. The normalized spacial score (nSPS) is 11.4. The van der Waals surface area contributed by atoms with Crippen LogP contribution in [0, 0.1) is 6.92 Å². The van der Waals surface area contributed by atoms with Gasteiger partial charge in [-0.05, 0) is 53.6 Å². The largest absolute Gasteiger partial charge is 0.496 e. The van der Waals surface area contributed by atoms with Crippen LogP contribution in [0.4, 0.5) is 0 Å². The van der Waals surface area contributed by atoms with Gasteiger partial charge in [-0.1, -0.05) is 30.3 Å². The first-order chi connectivity index (χ1) is 11.0. The van der Waals surface area contributed by atoms with Crippen molar-refractivity contribution in [1.29, 1.82) is 0 Å². The summed E-state index contributed by atoms with van der Waals surface area (Å²) >= 11 is 0. The maximum absolute atomic E-state index is 12.4. The van der Waals surface area contributed by atoms with E-state index in [-0.39, 0.29) is 10.6 Å². The van der Waals surface area contributed by atoms with Gasteiger partial charge in [-0.25, -0.2) is 0 Å². The van der Waals surface area contributed by atoms with E-state index in [9.17, 15) is 8.42 Å². The fraction of sp³-hybridized carbons (Fsp3) is 0.111. The molecule has 0 aromatic heterocycles. The summed E-state index contributed by atoms with van der Waals surface area (Å²) in [7, 11) is -2.34. The van der Waals surface area contributed by atoms with Gasteiger partial charge < -0.3 is 8.92 Å². The van der Waals surface area contributed by atoms with Gasteiger partial charge in [0.15, 0.2) is 0 Å². The van der Waals surface area contributed by atoms with Gasteiger partial charge in [-0.2, -0.15) is 8.42 Å². The molecule has 3 aromatic carbocycles. The van der Waals surface area contributed by atoms with Crippen molar-refractivity contribution in [2.24, 2.45) is 0 Å². The SMILES string of the molecule is COc1ccc(S(=O)(=O)Oc2ccc3ccccc3c2)cc1C. The summed E-state index contributed by atoms with van der Waals surface area (Å²) in [5, 5.41) is 1.95. The Morgan fingerprint density at radius 1 is 0.870 bits per heavy atom. The van der Waals surface area contributed by atoms with E-state index in [4.69, 9.17) is 8.92 Å². The molecule has 0 fully saturated rings. The molecule has 118 valence electrons. The Morgan fingerprint density at radius 3 is 2.30 bits per heavy atom. The molecule has 0 N–H and O–H groups in total. The fourth-order valence-corrected chi connectivity index (χ4v) is 3.41. The van der Waals surface area contributed by atoms with Crippen LogP contribution in [0.1, 0.15) is 5.56 Å². The van der Waals surface area contributed by atoms with Crippen LogP contribution in [0.25, 0.3) is 10.8 Å². The van der Waals surface area contributed by atoms with Crippen LogP contribution in [-0.4, -0.2) is 15.5 Å². The van der Waals surface area contributed by atoms with Crippen molar-refractivity contribution < 1.29 is 17.3 Å². The summed E-state index contributed by atoms with van der Waals surface area (Å²) in [5.41, 5.74) is 0.732. The highest BCUT2D eigenvalue weighted by molar-refractivity contribution is 7.87. The van der Waals surface area contributed by atoms with Gasteiger partial charge in [0, 0.05) is 0 Å². The molecule has 0 spiro atoms. The third-order valence-corrected chi connectivity index (χ3v) is 4.83. The first-order valence-corrected chi connectivity index (χ1v) is 8.48. The maximum atomic E-state index is 12.4. The molecular weight excluding hydrogens is 312 g/mol. The highest BCUT2D eigenvalue weighted by Gasteiger charge is 2.18. The Balaban J connectivity index is 1.94. The third-order valence-electron chi connectivity index (χ3n) is 3.58. The van der Waals surface area contributed by atoms with E-state index in [0.717, 1.165) is 16.3 Å². The molecule has 0 saturated carbocycles. The molecule has 4 nitrogen and oxygen atoms in total. The third kappa shape index (κ3) is 3.14. The van der Waals surface area contributed by atoms with E-state index >= 15 is 0 Å². The quantitative estimate of drug-likeness (QED) is 0.681. The number of ether oxygens (including phenoxy) is 1. The van der Waals surface area contributed by atoms with Gasteiger partial charge in [0.25, 0.3) is 0 Å². The van der Waals surface area contributed by atoms with E-state index in [2.05, 4.69) is 0 Å². The van der Waals surface area contributed by atoms with Gasteiger partial charge in [0.05, 0.1) is 7.11 Å². The lowest BCUT2D eigenvalue weighted by molar-refractivity contribution is 0.411. The lowest BCUT2D eigenvalue weighted by Gasteiger charge is -2.10.